The molecule has 2 unspecified atom stereocenters. The molecule has 9 nitrogen and oxygen atoms in total. The summed E-state index contributed by atoms with van der Waals surface area (Å²) < 4.78 is 50.1. The number of alkyl halides is 3. The Hall–Kier alpha value is -4.47. The molecule has 4 amide bonds. The summed E-state index contributed by atoms with van der Waals surface area (Å²) >= 11 is 0. The molecule has 1 heterocycles. The molecule has 0 saturated carbocycles. The molecule has 3 rings (SSSR count). The molecule has 13 heteroatoms. The van der Waals surface area contributed by atoms with Crippen molar-refractivity contribution in [2.45, 2.75) is 60.2 Å². The first kappa shape index (κ1) is 38.5. The van der Waals surface area contributed by atoms with Gasteiger partial charge >= 0.3 is 6.18 Å². The zero-order valence-electron chi connectivity index (χ0n) is 25.1. The van der Waals surface area contributed by atoms with Crippen LogP contribution in [0.3, 0.4) is 0 Å². The predicted octanol–water partition coefficient (Wildman–Crippen LogP) is 5.60. The van der Waals surface area contributed by atoms with Crippen LogP contribution in [0.25, 0.3) is 0 Å². The number of nitrogens with one attached hydrogen (secondary N) is 3. The van der Waals surface area contributed by atoms with Gasteiger partial charge in [-0.25, -0.2) is 4.39 Å². The largest absolute Gasteiger partial charge is 0.418 e. The van der Waals surface area contributed by atoms with Gasteiger partial charge in [0.25, 0.3) is 0 Å². The van der Waals surface area contributed by atoms with E-state index in [9.17, 15) is 36.7 Å². The molecule has 236 valence electrons. The van der Waals surface area contributed by atoms with E-state index in [2.05, 4.69) is 44.4 Å². The first-order valence-corrected chi connectivity index (χ1v) is 13.2. The van der Waals surface area contributed by atoms with Crippen molar-refractivity contribution >= 4 is 36.0 Å². The molecular formula is C30H39F4N5O4. The van der Waals surface area contributed by atoms with E-state index < -0.39 is 29.2 Å². The molecule has 0 spiro atoms. The number of halogens is 4. The topological polar surface area (TPSA) is 131 Å². The monoisotopic (exact) mass is 609 g/mol. The number of para-hydroxylation sites is 2. The number of anilines is 2. The Kier molecular flexibility index (Phi) is 16.9. The normalized spacial score (nSPS) is 15.4. The number of likely N-dealkylation sites (tertiary alicyclic amines) is 1. The number of rotatable bonds is 6. The summed E-state index contributed by atoms with van der Waals surface area (Å²) in [7, 11) is 0. The molecule has 1 fully saturated rings. The number of hydrogen-bond donors (Lipinski definition) is 3. The molecule has 43 heavy (non-hydrogen) atoms. The zero-order chi connectivity index (χ0) is 33.2. The minimum atomic E-state index is -4.69. The molecule has 2 aromatic rings. The standard InChI is InChI=1S/C9H7F4NO.C9H13N3O2.C7H7NO.C5H12/c1-5(15)14-8-6(9(11,12)13)3-2-4-7(8)10;1-7-2-8(3-10)12(5-7)9(14)4-11-6-13;9-6-8-7-4-2-1-3-5-7;1-5(2,3)4/h2-4H,1H3,(H,14,15);6-8H,2,4-5H2,1H3,(H,11,13);1-6H,(H,8,9);1-4H3. The number of hydrogen-bond acceptors (Lipinski definition) is 5. The summed E-state index contributed by atoms with van der Waals surface area (Å²) in [5, 5.41) is 15.4. The lowest BCUT2D eigenvalue weighted by Crippen LogP contribution is -2.40. The van der Waals surface area contributed by atoms with Crippen LogP contribution >= 0.6 is 0 Å². The average Bonchev–Trinajstić information content (AvgIpc) is 3.29. The van der Waals surface area contributed by atoms with Crippen LogP contribution in [0.1, 0.15) is 53.5 Å². The lowest BCUT2D eigenvalue weighted by molar-refractivity contribution is -0.137. The van der Waals surface area contributed by atoms with Crippen molar-refractivity contribution in [3.63, 3.8) is 0 Å². The van der Waals surface area contributed by atoms with Gasteiger partial charge in [-0.2, -0.15) is 18.4 Å². The number of carbonyl (C=O) groups excluding carboxylic acids is 4. The highest BCUT2D eigenvalue weighted by Crippen LogP contribution is 2.36. The Morgan fingerprint density at radius 3 is 2.07 bits per heavy atom. The van der Waals surface area contributed by atoms with E-state index in [1.165, 1.54) is 4.90 Å². The number of nitrogens with zero attached hydrogens (tertiary/aromatic N) is 2. The second-order valence-electron chi connectivity index (χ2n) is 11.0. The third-order valence-electron chi connectivity index (χ3n) is 4.94. The van der Waals surface area contributed by atoms with Crippen LogP contribution < -0.4 is 16.0 Å². The van der Waals surface area contributed by atoms with Gasteiger partial charge in [-0.05, 0) is 42.0 Å². The number of amides is 4. The molecule has 1 aliphatic rings. The van der Waals surface area contributed by atoms with Crippen LogP contribution in [-0.2, 0) is 25.4 Å². The summed E-state index contributed by atoms with van der Waals surface area (Å²) in [6, 6.07) is 13.5. The second-order valence-corrected chi connectivity index (χ2v) is 11.0. The van der Waals surface area contributed by atoms with Crippen LogP contribution in [0.4, 0.5) is 28.9 Å². The van der Waals surface area contributed by atoms with E-state index >= 15 is 0 Å². The highest BCUT2D eigenvalue weighted by molar-refractivity contribution is 5.89. The van der Waals surface area contributed by atoms with Crippen molar-refractivity contribution in [2.75, 3.05) is 23.7 Å². The lowest BCUT2D eigenvalue weighted by atomic mass is 10.0. The molecule has 1 saturated heterocycles. The summed E-state index contributed by atoms with van der Waals surface area (Å²) in [4.78, 5) is 43.5. The Bertz CT molecular complexity index is 1210. The van der Waals surface area contributed by atoms with E-state index in [1.54, 1.807) is 0 Å². The fraction of sp³-hybridized carbons (Fsp3) is 0.433. The van der Waals surface area contributed by atoms with Crippen LogP contribution in [0.2, 0.25) is 0 Å². The first-order valence-electron chi connectivity index (χ1n) is 13.2. The molecule has 0 aromatic heterocycles. The molecule has 0 aliphatic carbocycles. The molecule has 0 bridgehead atoms. The summed E-state index contributed by atoms with van der Waals surface area (Å²) in [6.07, 6.45) is -2.82. The molecule has 2 aromatic carbocycles. The van der Waals surface area contributed by atoms with Crippen molar-refractivity contribution in [2.24, 2.45) is 11.3 Å². The number of benzene rings is 2. The quantitative estimate of drug-likeness (QED) is 0.290. The van der Waals surface area contributed by atoms with Crippen LogP contribution in [0, 0.1) is 28.5 Å². The van der Waals surface area contributed by atoms with Crippen molar-refractivity contribution in [3.05, 3.63) is 59.9 Å². The van der Waals surface area contributed by atoms with Gasteiger partial charge in [0.05, 0.1) is 23.9 Å². The maximum atomic E-state index is 13.0. The summed E-state index contributed by atoms with van der Waals surface area (Å²) in [6.45, 7) is 12.4. The van der Waals surface area contributed by atoms with Gasteiger partial charge in [-0.15, -0.1) is 0 Å². The lowest BCUT2D eigenvalue weighted by Gasteiger charge is -2.18. The third-order valence-corrected chi connectivity index (χ3v) is 4.94. The van der Waals surface area contributed by atoms with Gasteiger partial charge in [0.15, 0.2) is 0 Å². The first-order chi connectivity index (χ1) is 19.9. The van der Waals surface area contributed by atoms with Gasteiger partial charge < -0.3 is 20.9 Å². The number of nitriles is 1. The Balaban J connectivity index is 0.000000583. The smallest absolute Gasteiger partial charge is 0.350 e. The van der Waals surface area contributed by atoms with E-state index in [0.29, 0.717) is 36.8 Å². The van der Waals surface area contributed by atoms with E-state index in [-0.39, 0.29) is 18.5 Å². The fourth-order valence-electron chi connectivity index (χ4n) is 3.34. The molecular weight excluding hydrogens is 570 g/mol. The Labute approximate surface area is 249 Å². The molecule has 3 N–H and O–H groups in total. The Morgan fingerprint density at radius 1 is 1.02 bits per heavy atom. The van der Waals surface area contributed by atoms with E-state index in [4.69, 9.17) is 5.26 Å². The minimum Gasteiger partial charge on any atom is -0.350 e. The SMILES string of the molecule is CC(=O)Nc1c(F)cccc1C(F)(F)F.CC(C)(C)C.CC1CC(C#N)N(C(=O)CNC=O)C1.O=CNc1ccccc1. The Morgan fingerprint density at radius 2 is 1.60 bits per heavy atom. The van der Waals surface area contributed by atoms with Crippen LogP contribution in [0.15, 0.2) is 48.5 Å². The van der Waals surface area contributed by atoms with Gasteiger partial charge in [0.2, 0.25) is 24.6 Å². The average molecular weight is 610 g/mol. The molecule has 0 radical (unpaired) electrons. The highest BCUT2D eigenvalue weighted by atomic mass is 19.4. The van der Waals surface area contributed by atoms with Crippen molar-refractivity contribution in [3.8, 4) is 6.07 Å². The maximum absolute atomic E-state index is 13.0. The molecule has 2 atom stereocenters. The van der Waals surface area contributed by atoms with Crippen molar-refractivity contribution < 1.29 is 36.7 Å². The third kappa shape index (κ3) is 17.2. The van der Waals surface area contributed by atoms with Gasteiger partial charge in [0, 0.05) is 19.2 Å². The zero-order valence-corrected chi connectivity index (χ0v) is 25.1. The fourth-order valence-corrected chi connectivity index (χ4v) is 3.34. The van der Waals surface area contributed by atoms with Crippen LogP contribution in [0.5, 0.6) is 0 Å². The maximum Gasteiger partial charge on any atom is 0.418 e. The van der Waals surface area contributed by atoms with Gasteiger partial charge in [-0.3, -0.25) is 19.2 Å². The second kappa shape index (κ2) is 18.9. The van der Waals surface area contributed by atoms with Gasteiger partial charge in [0.1, 0.15) is 11.9 Å². The van der Waals surface area contributed by atoms with Crippen molar-refractivity contribution in [1.29, 1.82) is 5.26 Å². The van der Waals surface area contributed by atoms with Gasteiger partial charge in [-0.1, -0.05) is 58.9 Å². The highest BCUT2D eigenvalue weighted by Gasteiger charge is 2.35. The minimum absolute atomic E-state index is 0.0194. The van der Waals surface area contributed by atoms with Crippen LogP contribution in [-0.4, -0.2) is 48.7 Å². The van der Waals surface area contributed by atoms with E-state index in [1.807, 2.05) is 42.6 Å². The summed E-state index contributed by atoms with van der Waals surface area (Å²) in [5.41, 5.74) is -0.706. The predicted molar refractivity (Wildman–Crippen MR) is 156 cm³/mol. The van der Waals surface area contributed by atoms with Crippen molar-refractivity contribution in [1.82, 2.24) is 10.2 Å². The molecule has 1 aliphatic heterocycles. The van der Waals surface area contributed by atoms with E-state index in [0.717, 1.165) is 31.2 Å². The summed E-state index contributed by atoms with van der Waals surface area (Å²) in [5.74, 6) is -1.70. The number of carbonyl (C=O) groups is 4.